The lowest BCUT2D eigenvalue weighted by molar-refractivity contribution is 0.217. The van der Waals surface area contributed by atoms with Gasteiger partial charge in [0.2, 0.25) is 10.0 Å². The van der Waals surface area contributed by atoms with E-state index in [1.807, 2.05) is 13.8 Å². The van der Waals surface area contributed by atoms with E-state index in [0.717, 1.165) is 18.4 Å². The Labute approximate surface area is 151 Å². The average Bonchev–Trinajstić information content (AvgIpc) is 2.53. The van der Waals surface area contributed by atoms with E-state index in [1.165, 1.54) is 0 Å². The molecule has 8 heteroatoms. The van der Waals surface area contributed by atoms with Gasteiger partial charge >= 0.3 is 7.60 Å². The molecule has 1 N–H and O–H groups in total. The van der Waals surface area contributed by atoms with E-state index >= 15 is 0 Å². The quantitative estimate of drug-likeness (QED) is 0.543. The predicted octanol–water partition coefficient (Wildman–Crippen LogP) is 4.10. The molecular weight excluding hydrogens is 361 g/mol. The van der Waals surface area contributed by atoms with E-state index in [-0.39, 0.29) is 24.3 Å². The number of sulfonamides is 1. The van der Waals surface area contributed by atoms with Gasteiger partial charge in [-0.05, 0) is 39.3 Å². The molecule has 6 nitrogen and oxygen atoms in total. The summed E-state index contributed by atoms with van der Waals surface area (Å²) in [6.45, 7) is 7.90. The number of benzene rings is 1. The van der Waals surface area contributed by atoms with Gasteiger partial charge in [-0.15, -0.1) is 0 Å². The second-order valence-corrected chi connectivity index (χ2v) is 9.72. The maximum absolute atomic E-state index is 12.8. The zero-order valence-corrected chi connectivity index (χ0v) is 17.2. The third kappa shape index (κ3) is 7.59. The number of aryl methyl sites for hydroxylation is 1. The molecule has 0 aliphatic carbocycles. The van der Waals surface area contributed by atoms with Crippen LogP contribution in [-0.4, -0.2) is 33.8 Å². The van der Waals surface area contributed by atoms with Crippen LogP contribution in [0, 0.1) is 6.92 Å². The molecule has 1 aromatic carbocycles. The van der Waals surface area contributed by atoms with Crippen LogP contribution in [0.2, 0.25) is 0 Å². The molecule has 0 fully saturated rings. The first-order valence-electron chi connectivity index (χ1n) is 8.73. The highest BCUT2D eigenvalue weighted by Crippen LogP contribution is 2.49. The third-order valence-corrected chi connectivity index (χ3v) is 7.38. The highest BCUT2D eigenvalue weighted by Gasteiger charge is 2.31. The summed E-state index contributed by atoms with van der Waals surface area (Å²) in [6.07, 6.45) is 2.33. The van der Waals surface area contributed by atoms with Crippen LogP contribution in [0.3, 0.4) is 0 Å². The molecule has 1 atom stereocenters. The summed E-state index contributed by atoms with van der Waals surface area (Å²) in [4.78, 5) is 0.197. The maximum atomic E-state index is 12.8. The van der Waals surface area contributed by atoms with Crippen LogP contribution in [0.5, 0.6) is 0 Å². The molecule has 0 spiro atoms. The smallest absolute Gasteiger partial charge is 0.309 e. The maximum Gasteiger partial charge on any atom is 0.332 e. The van der Waals surface area contributed by atoms with E-state index in [2.05, 4.69) is 4.72 Å². The number of hydrogen-bond acceptors (Lipinski definition) is 5. The first-order chi connectivity index (χ1) is 11.8. The van der Waals surface area contributed by atoms with Gasteiger partial charge in [0.1, 0.15) is 0 Å². The van der Waals surface area contributed by atoms with Crippen molar-refractivity contribution in [3.8, 4) is 0 Å². The molecule has 0 saturated carbocycles. The Morgan fingerprint density at radius 3 is 2.12 bits per heavy atom. The Morgan fingerprint density at radius 2 is 1.64 bits per heavy atom. The second-order valence-electron chi connectivity index (χ2n) is 5.90. The molecule has 0 radical (unpaired) electrons. The standard InChI is InChI=1S/C17H30NO5PS/c1-5-8-9-16(14-24(19,22-6-2)23-7-3)18-25(20,21)17-12-10-15(4)11-13-17/h10-13,16,18H,5-9,14H2,1-4H3/t16-/m0/s1. The molecule has 0 unspecified atom stereocenters. The number of rotatable bonds is 12. The Balaban J connectivity index is 2.97. The van der Waals surface area contributed by atoms with Gasteiger partial charge in [-0.1, -0.05) is 37.5 Å². The van der Waals surface area contributed by atoms with Crippen LogP contribution in [0.15, 0.2) is 29.2 Å². The largest absolute Gasteiger partial charge is 0.332 e. The van der Waals surface area contributed by atoms with Crippen molar-refractivity contribution in [3.63, 3.8) is 0 Å². The van der Waals surface area contributed by atoms with Crippen LogP contribution < -0.4 is 4.72 Å². The van der Waals surface area contributed by atoms with Gasteiger partial charge in [0, 0.05) is 6.04 Å². The molecule has 0 amide bonds. The van der Waals surface area contributed by atoms with Crippen molar-refractivity contribution < 1.29 is 22.0 Å². The minimum Gasteiger partial charge on any atom is -0.309 e. The Kier molecular flexibility index (Phi) is 9.32. The molecule has 0 aromatic heterocycles. The third-order valence-electron chi connectivity index (χ3n) is 3.65. The normalized spacial score (nSPS) is 13.8. The molecule has 25 heavy (non-hydrogen) atoms. The molecule has 0 aliphatic rings. The van der Waals surface area contributed by atoms with Gasteiger partial charge < -0.3 is 9.05 Å². The Bertz CT molecular complexity index is 650. The minimum absolute atomic E-state index is 0.0276. The Morgan fingerprint density at radius 1 is 1.08 bits per heavy atom. The van der Waals surface area contributed by atoms with Gasteiger partial charge in [-0.2, -0.15) is 0 Å². The molecule has 144 valence electrons. The Hall–Kier alpha value is -0.720. The minimum atomic E-state index is -3.69. The summed E-state index contributed by atoms with van der Waals surface area (Å²) in [5, 5.41) is 0. The fraction of sp³-hybridized carbons (Fsp3) is 0.647. The fourth-order valence-corrected chi connectivity index (χ4v) is 5.73. The van der Waals surface area contributed by atoms with Gasteiger partial charge in [-0.25, -0.2) is 13.1 Å². The topological polar surface area (TPSA) is 81.7 Å². The second kappa shape index (κ2) is 10.4. The molecular formula is C17H30NO5PS. The fourth-order valence-electron chi connectivity index (χ4n) is 2.45. The van der Waals surface area contributed by atoms with Crippen molar-refractivity contribution in [2.24, 2.45) is 0 Å². The van der Waals surface area contributed by atoms with E-state index in [4.69, 9.17) is 9.05 Å². The summed E-state index contributed by atoms with van der Waals surface area (Å²) in [6, 6.07) is 6.13. The van der Waals surface area contributed by atoms with Crippen molar-refractivity contribution in [1.82, 2.24) is 4.72 Å². The molecule has 0 bridgehead atoms. The monoisotopic (exact) mass is 391 g/mol. The SMILES string of the molecule is CCCC[C@@H](CP(=O)(OCC)OCC)NS(=O)(=O)c1ccc(C)cc1. The molecule has 0 heterocycles. The zero-order valence-electron chi connectivity index (χ0n) is 15.5. The summed E-state index contributed by atoms with van der Waals surface area (Å²) >= 11 is 0. The van der Waals surface area contributed by atoms with E-state index in [0.29, 0.717) is 6.42 Å². The lowest BCUT2D eigenvalue weighted by atomic mass is 10.2. The van der Waals surface area contributed by atoms with E-state index in [9.17, 15) is 13.0 Å². The van der Waals surface area contributed by atoms with Gasteiger partial charge in [-0.3, -0.25) is 4.57 Å². The van der Waals surface area contributed by atoms with Gasteiger partial charge in [0.05, 0.1) is 24.3 Å². The highest BCUT2D eigenvalue weighted by molar-refractivity contribution is 7.89. The van der Waals surface area contributed by atoms with Gasteiger partial charge in [0.15, 0.2) is 0 Å². The van der Waals surface area contributed by atoms with E-state index in [1.54, 1.807) is 38.1 Å². The van der Waals surface area contributed by atoms with Crippen molar-refractivity contribution in [2.45, 2.75) is 57.9 Å². The van der Waals surface area contributed by atoms with Gasteiger partial charge in [0.25, 0.3) is 0 Å². The lowest BCUT2D eigenvalue weighted by Gasteiger charge is -2.24. The summed E-state index contributed by atoms with van der Waals surface area (Å²) in [7, 11) is -7.02. The average molecular weight is 391 g/mol. The molecule has 1 rings (SSSR count). The van der Waals surface area contributed by atoms with Crippen molar-refractivity contribution in [2.75, 3.05) is 19.4 Å². The highest BCUT2D eigenvalue weighted by atomic mass is 32.2. The van der Waals surface area contributed by atoms with Crippen LogP contribution in [0.25, 0.3) is 0 Å². The number of unbranched alkanes of at least 4 members (excludes halogenated alkanes) is 1. The van der Waals surface area contributed by atoms with Crippen LogP contribution in [-0.2, 0) is 23.6 Å². The predicted molar refractivity (Wildman–Crippen MR) is 101 cm³/mol. The van der Waals surface area contributed by atoms with E-state index < -0.39 is 23.7 Å². The van der Waals surface area contributed by atoms with Crippen LogP contribution >= 0.6 is 7.60 Å². The molecule has 0 saturated heterocycles. The van der Waals surface area contributed by atoms with Crippen molar-refractivity contribution in [1.29, 1.82) is 0 Å². The summed E-state index contributed by atoms with van der Waals surface area (Å²) in [5.41, 5.74) is 0.985. The summed E-state index contributed by atoms with van der Waals surface area (Å²) in [5.74, 6) is 0. The first-order valence-corrected chi connectivity index (χ1v) is 11.9. The molecule has 1 aromatic rings. The van der Waals surface area contributed by atoms with Crippen LogP contribution in [0.1, 0.15) is 45.6 Å². The summed E-state index contributed by atoms with van der Waals surface area (Å²) < 4.78 is 51.4. The molecule has 0 aliphatic heterocycles. The van der Waals surface area contributed by atoms with Crippen molar-refractivity contribution in [3.05, 3.63) is 29.8 Å². The van der Waals surface area contributed by atoms with Crippen LogP contribution in [0.4, 0.5) is 0 Å². The lowest BCUT2D eigenvalue weighted by Crippen LogP contribution is -2.37. The zero-order chi connectivity index (χ0) is 18.9. The first kappa shape index (κ1) is 22.3. The number of nitrogens with one attached hydrogen (secondary N) is 1. The number of hydrogen-bond donors (Lipinski definition) is 1. The van der Waals surface area contributed by atoms with Crippen molar-refractivity contribution >= 4 is 17.6 Å².